The van der Waals surface area contributed by atoms with Crippen molar-refractivity contribution in [2.45, 2.75) is 32.5 Å². The number of carbonyl (C=O) groups is 2. The number of pyridine rings is 1. The molecule has 0 bridgehead atoms. The fourth-order valence-corrected chi connectivity index (χ4v) is 3.87. The zero-order valence-corrected chi connectivity index (χ0v) is 18.7. The first-order chi connectivity index (χ1) is 16.1. The van der Waals surface area contributed by atoms with Gasteiger partial charge in [0.25, 0.3) is 0 Å². The van der Waals surface area contributed by atoms with E-state index in [2.05, 4.69) is 15.6 Å². The van der Waals surface area contributed by atoms with Crippen LogP contribution in [0.15, 0.2) is 72.8 Å². The van der Waals surface area contributed by atoms with Crippen LogP contribution in [0.25, 0.3) is 0 Å². The molecule has 1 atom stereocenters. The first-order valence-corrected chi connectivity index (χ1v) is 11.1. The standard InChI is InChI=1S/C26H28N4O3/c1-19-7-5-9-21(29-19)17-28-25(31)16-24-26(32)27-13-14-30(24)18-20-8-6-12-23(15-20)33-22-10-3-2-4-11-22/h2-12,15,24H,13-14,16-18H2,1H3,(H,27,32)(H,28,31)/t24-/m1/s1. The summed E-state index contributed by atoms with van der Waals surface area (Å²) in [5.41, 5.74) is 2.72. The number of piperazine rings is 1. The van der Waals surface area contributed by atoms with Gasteiger partial charge in [0.2, 0.25) is 11.8 Å². The van der Waals surface area contributed by atoms with Gasteiger partial charge >= 0.3 is 0 Å². The molecule has 0 radical (unpaired) electrons. The van der Waals surface area contributed by atoms with E-state index in [9.17, 15) is 9.59 Å². The number of amides is 2. The Morgan fingerprint density at radius 1 is 1.09 bits per heavy atom. The minimum absolute atomic E-state index is 0.0951. The number of benzene rings is 2. The normalized spacial score (nSPS) is 16.2. The molecule has 2 heterocycles. The summed E-state index contributed by atoms with van der Waals surface area (Å²) in [7, 11) is 0. The molecule has 33 heavy (non-hydrogen) atoms. The van der Waals surface area contributed by atoms with Crippen LogP contribution in [0.4, 0.5) is 0 Å². The van der Waals surface area contributed by atoms with Crippen molar-refractivity contribution in [1.82, 2.24) is 20.5 Å². The monoisotopic (exact) mass is 444 g/mol. The van der Waals surface area contributed by atoms with Gasteiger partial charge in [0.15, 0.2) is 0 Å². The molecule has 7 nitrogen and oxygen atoms in total. The molecular weight excluding hydrogens is 416 g/mol. The van der Waals surface area contributed by atoms with E-state index in [0.29, 0.717) is 26.2 Å². The van der Waals surface area contributed by atoms with Gasteiger partial charge in [-0.05, 0) is 48.9 Å². The number of nitrogens with one attached hydrogen (secondary N) is 2. The minimum Gasteiger partial charge on any atom is -0.457 e. The first-order valence-electron chi connectivity index (χ1n) is 11.1. The van der Waals surface area contributed by atoms with Crippen molar-refractivity contribution in [2.24, 2.45) is 0 Å². The smallest absolute Gasteiger partial charge is 0.237 e. The van der Waals surface area contributed by atoms with Crippen LogP contribution < -0.4 is 15.4 Å². The Hall–Kier alpha value is -3.71. The quantitative estimate of drug-likeness (QED) is 0.558. The fourth-order valence-electron chi connectivity index (χ4n) is 3.87. The predicted octanol–water partition coefficient (Wildman–Crippen LogP) is 3.19. The van der Waals surface area contributed by atoms with Gasteiger partial charge in [0.1, 0.15) is 11.5 Å². The topological polar surface area (TPSA) is 83.6 Å². The van der Waals surface area contributed by atoms with Crippen LogP contribution >= 0.6 is 0 Å². The highest BCUT2D eigenvalue weighted by molar-refractivity contribution is 5.88. The largest absolute Gasteiger partial charge is 0.457 e. The van der Waals surface area contributed by atoms with E-state index in [0.717, 1.165) is 28.5 Å². The third-order valence-corrected chi connectivity index (χ3v) is 5.50. The maximum atomic E-state index is 12.6. The number of hydrogen-bond acceptors (Lipinski definition) is 5. The number of carbonyl (C=O) groups excluding carboxylic acids is 2. The Kier molecular flexibility index (Phi) is 7.32. The third-order valence-electron chi connectivity index (χ3n) is 5.50. The summed E-state index contributed by atoms with van der Waals surface area (Å²) < 4.78 is 5.94. The summed E-state index contributed by atoms with van der Waals surface area (Å²) in [6.07, 6.45) is 0.0951. The number of aryl methyl sites for hydroxylation is 1. The van der Waals surface area contributed by atoms with Crippen LogP contribution in [0, 0.1) is 6.92 Å². The second-order valence-corrected chi connectivity index (χ2v) is 8.09. The average Bonchev–Trinajstić information content (AvgIpc) is 2.81. The van der Waals surface area contributed by atoms with Crippen molar-refractivity contribution in [3.8, 4) is 11.5 Å². The van der Waals surface area contributed by atoms with E-state index in [1.807, 2.05) is 84.6 Å². The van der Waals surface area contributed by atoms with Crippen molar-refractivity contribution in [3.05, 3.63) is 89.7 Å². The van der Waals surface area contributed by atoms with Crippen molar-refractivity contribution in [2.75, 3.05) is 13.1 Å². The molecule has 1 saturated heterocycles. The Balaban J connectivity index is 1.38. The van der Waals surface area contributed by atoms with Crippen LogP contribution in [-0.4, -0.2) is 40.8 Å². The number of nitrogens with zero attached hydrogens (tertiary/aromatic N) is 2. The Labute approximate surface area is 193 Å². The summed E-state index contributed by atoms with van der Waals surface area (Å²) in [6, 6.07) is 22.6. The number of aromatic nitrogens is 1. The molecule has 1 aliphatic heterocycles. The Bertz CT molecular complexity index is 1100. The fraction of sp³-hybridized carbons (Fsp3) is 0.269. The Morgan fingerprint density at radius 3 is 2.70 bits per heavy atom. The Morgan fingerprint density at radius 2 is 1.88 bits per heavy atom. The van der Waals surface area contributed by atoms with Crippen LogP contribution in [0.1, 0.15) is 23.4 Å². The molecule has 170 valence electrons. The van der Waals surface area contributed by atoms with Crippen LogP contribution in [-0.2, 0) is 22.7 Å². The molecule has 0 saturated carbocycles. The molecule has 0 aliphatic carbocycles. The van der Waals surface area contributed by atoms with Crippen molar-refractivity contribution in [3.63, 3.8) is 0 Å². The lowest BCUT2D eigenvalue weighted by molar-refractivity contribution is -0.134. The van der Waals surface area contributed by atoms with Crippen molar-refractivity contribution >= 4 is 11.8 Å². The summed E-state index contributed by atoms with van der Waals surface area (Å²) in [6.45, 7) is 4.04. The number of ether oxygens (including phenoxy) is 1. The average molecular weight is 445 g/mol. The second-order valence-electron chi connectivity index (χ2n) is 8.09. The molecule has 1 fully saturated rings. The van der Waals surface area contributed by atoms with Crippen molar-refractivity contribution in [1.29, 1.82) is 0 Å². The number of para-hydroxylation sites is 1. The highest BCUT2D eigenvalue weighted by Gasteiger charge is 2.31. The molecule has 1 aromatic heterocycles. The maximum absolute atomic E-state index is 12.6. The SMILES string of the molecule is Cc1cccc(CNC(=O)C[C@@H]2C(=O)NCCN2Cc2cccc(Oc3ccccc3)c2)n1. The van der Waals surface area contributed by atoms with E-state index in [-0.39, 0.29) is 18.2 Å². The minimum atomic E-state index is -0.525. The molecule has 0 unspecified atom stereocenters. The van der Waals surface area contributed by atoms with Crippen LogP contribution in [0.2, 0.25) is 0 Å². The molecule has 7 heteroatoms. The summed E-state index contributed by atoms with van der Waals surface area (Å²) in [5, 5.41) is 5.77. The lowest BCUT2D eigenvalue weighted by atomic mass is 10.1. The molecule has 1 aliphatic rings. The summed E-state index contributed by atoms with van der Waals surface area (Å²) in [4.78, 5) is 31.6. The highest BCUT2D eigenvalue weighted by atomic mass is 16.5. The van der Waals surface area contributed by atoms with Crippen LogP contribution in [0.5, 0.6) is 11.5 Å². The summed E-state index contributed by atoms with van der Waals surface area (Å²) in [5.74, 6) is 1.21. The van der Waals surface area contributed by atoms with E-state index in [4.69, 9.17) is 4.74 Å². The molecule has 3 aromatic rings. The zero-order valence-electron chi connectivity index (χ0n) is 18.7. The molecule has 4 rings (SSSR count). The lowest BCUT2D eigenvalue weighted by Gasteiger charge is -2.34. The maximum Gasteiger partial charge on any atom is 0.237 e. The van der Waals surface area contributed by atoms with E-state index < -0.39 is 6.04 Å². The molecule has 2 aromatic carbocycles. The van der Waals surface area contributed by atoms with Gasteiger partial charge in [-0.2, -0.15) is 0 Å². The number of hydrogen-bond donors (Lipinski definition) is 2. The van der Waals surface area contributed by atoms with Crippen molar-refractivity contribution < 1.29 is 14.3 Å². The zero-order chi connectivity index (χ0) is 23.0. The van der Waals surface area contributed by atoms with E-state index in [1.54, 1.807) is 0 Å². The van der Waals surface area contributed by atoms with Gasteiger partial charge in [-0.1, -0.05) is 36.4 Å². The summed E-state index contributed by atoms with van der Waals surface area (Å²) >= 11 is 0. The third kappa shape index (κ3) is 6.40. The first kappa shape index (κ1) is 22.5. The molecule has 0 spiro atoms. The predicted molar refractivity (Wildman–Crippen MR) is 126 cm³/mol. The van der Waals surface area contributed by atoms with Gasteiger partial charge in [0, 0.05) is 25.3 Å². The van der Waals surface area contributed by atoms with Gasteiger partial charge < -0.3 is 15.4 Å². The van der Waals surface area contributed by atoms with E-state index in [1.165, 1.54) is 0 Å². The van der Waals surface area contributed by atoms with Gasteiger partial charge in [-0.25, -0.2) is 0 Å². The highest BCUT2D eigenvalue weighted by Crippen LogP contribution is 2.23. The van der Waals surface area contributed by atoms with Gasteiger partial charge in [-0.15, -0.1) is 0 Å². The molecule has 2 N–H and O–H groups in total. The van der Waals surface area contributed by atoms with Gasteiger partial charge in [0.05, 0.1) is 24.7 Å². The lowest BCUT2D eigenvalue weighted by Crippen LogP contribution is -2.56. The van der Waals surface area contributed by atoms with E-state index >= 15 is 0 Å². The molecular formula is C26H28N4O3. The van der Waals surface area contributed by atoms with Crippen LogP contribution in [0.3, 0.4) is 0 Å². The number of rotatable bonds is 8. The van der Waals surface area contributed by atoms with Gasteiger partial charge in [-0.3, -0.25) is 19.5 Å². The molecule has 2 amide bonds. The second kappa shape index (κ2) is 10.7.